The van der Waals surface area contributed by atoms with E-state index < -0.39 is 0 Å². The van der Waals surface area contributed by atoms with Gasteiger partial charge in [-0.15, -0.1) is 11.3 Å². The standard InChI is InChI=1S/C17H11NS/c18-12-16(11-17-6-3-9-19-17)15-8-7-13-4-1-2-5-14(13)10-15/h1-11H/b16-11-. The zero-order valence-corrected chi connectivity index (χ0v) is 11.0. The van der Waals surface area contributed by atoms with E-state index in [9.17, 15) is 5.26 Å². The Morgan fingerprint density at radius 3 is 2.58 bits per heavy atom. The van der Waals surface area contributed by atoms with E-state index in [1.54, 1.807) is 11.3 Å². The fourth-order valence-corrected chi connectivity index (χ4v) is 2.71. The lowest BCUT2D eigenvalue weighted by Gasteiger charge is -2.02. The van der Waals surface area contributed by atoms with E-state index in [-0.39, 0.29) is 0 Å². The molecule has 0 spiro atoms. The number of nitrogens with zero attached hydrogens (tertiary/aromatic N) is 1. The number of allylic oxidation sites excluding steroid dienone is 1. The molecular weight excluding hydrogens is 250 g/mol. The number of benzene rings is 2. The Morgan fingerprint density at radius 1 is 1.00 bits per heavy atom. The summed E-state index contributed by atoms with van der Waals surface area (Å²) in [6.07, 6.45) is 1.94. The molecular formula is C17H11NS. The second-order valence-electron chi connectivity index (χ2n) is 4.25. The number of rotatable bonds is 2. The van der Waals surface area contributed by atoms with Crippen LogP contribution < -0.4 is 0 Å². The predicted molar refractivity (Wildman–Crippen MR) is 81.8 cm³/mol. The summed E-state index contributed by atoms with van der Waals surface area (Å²) >= 11 is 1.64. The molecule has 0 aliphatic heterocycles. The second-order valence-corrected chi connectivity index (χ2v) is 5.23. The van der Waals surface area contributed by atoms with Crippen molar-refractivity contribution in [3.63, 3.8) is 0 Å². The Bertz CT molecular complexity index is 776. The number of fused-ring (bicyclic) bond motifs is 1. The third-order valence-electron chi connectivity index (χ3n) is 3.01. The molecule has 0 amide bonds. The SMILES string of the molecule is N#C/C(=C/c1cccs1)c1ccc2ccccc2c1. The van der Waals surface area contributed by atoms with Crippen LogP contribution in [-0.4, -0.2) is 0 Å². The minimum atomic E-state index is 0.702. The minimum absolute atomic E-state index is 0.702. The molecule has 3 aromatic rings. The topological polar surface area (TPSA) is 23.8 Å². The van der Waals surface area contributed by atoms with E-state index in [4.69, 9.17) is 0 Å². The van der Waals surface area contributed by atoms with Crippen LogP contribution in [0, 0.1) is 11.3 Å². The van der Waals surface area contributed by atoms with Crippen LogP contribution >= 0.6 is 11.3 Å². The van der Waals surface area contributed by atoms with Gasteiger partial charge in [0.2, 0.25) is 0 Å². The van der Waals surface area contributed by atoms with Crippen molar-refractivity contribution in [1.29, 1.82) is 5.26 Å². The molecule has 2 aromatic carbocycles. The first kappa shape index (κ1) is 11.7. The van der Waals surface area contributed by atoms with Gasteiger partial charge in [-0.25, -0.2) is 0 Å². The first-order valence-electron chi connectivity index (χ1n) is 6.01. The summed E-state index contributed by atoms with van der Waals surface area (Å²) in [5.74, 6) is 0. The second kappa shape index (κ2) is 5.09. The molecule has 1 aromatic heterocycles. The van der Waals surface area contributed by atoms with Crippen LogP contribution in [0.25, 0.3) is 22.4 Å². The number of nitriles is 1. The lowest BCUT2D eigenvalue weighted by atomic mass is 10.0. The highest BCUT2D eigenvalue weighted by Crippen LogP contribution is 2.24. The van der Waals surface area contributed by atoms with Gasteiger partial charge in [-0.3, -0.25) is 0 Å². The van der Waals surface area contributed by atoms with Gasteiger partial charge in [0, 0.05) is 4.88 Å². The molecule has 19 heavy (non-hydrogen) atoms. The van der Waals surface area contributed by atoms with Crippen LogP contribution in [0.2, 0.25) is 0 Å². The molecule has 1 nitrogen and oxygen atoms in total. The van der Waals surface area contributed by atoms with Crippen molar-refractivity contribution in [3.8, 4) is 6.07 Å². The Balaban J connectivity index is 2.10. The highest BCUT2D eigenvalue weighted by molar-refractivity contribution is 7.10. The summed E-state index contributed by atoms with van der Waals surface area (Å²) in [6, 6.07) is 20.6. The van der Waals surface area contributed by atoms with E-state index in [0.717, 1.165) is 15.8 Å². The van der Waals surface area contributed by atoms with Gasteiger partial charge in [-0.05, 0) is 39.9 Å². The number of hydrogen-bond acceptors (Lipinski definition) is 2. The van der Waals surface area contributed by atoms with Crippen LogP contribution in [0.1, 0.15) is 10.4 Å². The van der Waals surface area contributed by atoms with Crippen molar-refractivity contribution < 1.29 is 0 Å². The Hall–Kier alpha value is -2.37. The molecule has 0 aliphatic carbocycles. The van der Waals surface area contributed by atoms with Crippen LogP contribution in [0.4, 0.5) is 0 Å². The normalized spacial score (nSPS) is 11.4. The molecule has 0 unspecified atom stereocenters. The summed E-state index contributed by atoms with van der Waals surface area (Å²) in [6.45, 7) is 0. The van der Waals surface area contributed by atoms with Gasteiger partial charge in [-0.2, -0.15) is 5.26 Å². The van der Waals surface area contributed by atoms with Crippen molar-refractivity contribution >= 4 is 33.8 Å². The van der Waals surface area contributed by atoms with E-state index in [2.05, 4.69) is 30.3 Å². The van der Waals surface area contributed by atoms with Crippen molar-refractivity contribution in [2.75, 3.05) is 0 Å². The monoisotopic (exact) mass is 261 g/mol. The van der Waals surface area contributed by atoms with Gasteiger partial charge in [0.05, 0.1) is 11.6 Å². The van der Waals surface area contributed by atoms with Crippen LogP contribution in [0.15, 0.2) is 60.0 Å². The Morgan fingerprint density at radius 2 is 1.84 bits per heavy atom. The molecule has 0 aliphatic rings. The predicted octanol–water partition coefficient (Wildman–Crippen LogP) is 4.97. The zero-order chi connectivity index (χ0) is 13.1. The third-order valence-corrected chi connectivity index (χ3v) is 3.83. The molecule has 90 valence electrons. The van der Waals surface area contributed by atoms with Gasteiger partial charge in [-0.1, -0.05) is 42.5 Å². The Kier molecular flexibility index (Phi) is 3.14. The molecule has 0 saturated heterocycles. The lowest BCUT2D eigenvalue weighted by molar-refractivity contribution is 1.53. The molecule has 0 radical (unpaired) electrons. The third kappa shape index (κ3) is 2.42. The maximum atomic E-state index is 9.34. The number of hydrogen-bond donors (Lipinski definition) is 0. The molecule has 0 bridgehead atoms. The summed E-state index contributed by atoms with van der Waals surface area (Å²) in [5, 5.41) is 13.7. The molecule has 3 rings (SSSR count). The highest BCUT2D eigenvalue weighted by Gasteiger charge is 2.03. The number of thiophene rings is 1. The quantitative estimate of drug-likeness (QED) is 0.598. The zero-order valence-electron chi connectivity index (χ0n) is 10.2. The largest absolute Gasteiger partial charge is 0.192 e. The lowest BCUT2D eigenvalue weighted by Crippen LogP contribution is -1.82. The average molecular weight is 261 g/mol. The van der Waals surface area contributed by atoms with E-state index in [0.29, 0.717) is 5.57 Å². The van der Waals surface area contributed by atoms with Crippen molar-refractivity contribution in [3.05, 3.63) is 70.4 Å². The smallest absolute Gasteiger partial charge is 0.0998 e. The maximum absolute atomic E-state index is 9.34. The van der Waals surface area contributed by atoms with Crippen LogP contribution in [0.3, 0.4) is 0 Å². The maximum Gasteiger partial charge on any atom is 0.0998 e. The first-order chi connectivity index (χ1) is 9.36. The summed E-state index contributed by atoms with van der Waals surface area (Å²) < 4.78 is 0. The van der Waals surface area contributed by atoms with Crippen molar-refractivity contribution in [2.24, 2.45) is 0 Å². The fourth-order valence-electron chi connectivity index (χ4n) is 2.05. The molecule has 0 fully saturated rings. The molecule has 1 heterocycles. The van der Waals surface area contributed by atoms with Gasteiger partial charge in [0.25, 0.3) is 0 Å². The van der Waals surface area contributed by atoms with E-state index in [1.165, 1.54) is 5.39 Å². The van der Waals surface area contributed by atoms with Gasteiger partial charge < -0.3 is 0 Å². The van der Waals surface area contributed by atoms with Gasteiger partial charge >= 0.3 is 0 Å². The Labute approximate surface area is 116 Å². The van der Waals surface area contributed by atoms with E-state index in [1.807, 2.05) is 41.8 Å². The molecule has 0 N–H and O–H groups in total. The molecule has 2 heteroatoms. The van der Waals surface area contributed by atoms with Crippen LogP contribution in [-0.2, 0) is 0 Å². The van der Waals surface area contributed by atoms with Gasteiger partial charge in [0.15, 0.2) is 0 Å². The summed E-state index contributed by atoms with van der Waals surface area (Å²) in [4.78, 5) is 1.10. The van der Waals surface area contributed by atoms with Crippen LogP contribution in [0.5, 0.6) is 0 Å². The van der Waals surface area contributed by atoms with Gasteiger partial charge in [0.1, 0.15) is 0 Å². The average Bonchev–Trinajstić information content (AvgIpc) is 2.97. The molecule has 0 atom stereocenters. The minimum Gasteiger partial charge on any atom is -0.192 e. The van der Waals surface area contributed by atoms with Crippen molar-refractivity contribution in [2.45, 2.75) is 0 Å². The van der Waals surface area contributed by atoms with Crippen molar-refractivity contribution in [1.82, 2.24) is 0 Å². The highest BCUT2D eigenvalue weighted by atomic mass is 32.1. The fraction of sp³-hybridized carbons (Fsp3) is 0. The first-order valence-corrected chi connectivity index (χ1v) is 6.89. The van der Waals surface area contributed by atoms with E-state index >= 15 is 0 Å². The summed E-state index contributed by atoms with van der Waals surface area (Å²) in [7, 11) is 0. The summed E-state index contributed by atoms with van der Waals surface area (Å²) in [5.41, 5.74) is 1.67. The molecule has 0 saturated carbocycles.